The summed E-state index contributed by atoms with van der Waals surface area (Å²) in [6.45, 7) is 4.92. The molecule has 0 aromatic heterocycles. The van der Waals surface area contributed by atoms with Gasteiger partial charge in [0.05, 0.1) is 11.3 Å². The van der Waals surface area contributed by atoms with Gasteiger partial charge in [-0.3, -0.25) is 9.59 Å². The Hall–Kier alpha value is -1.93. The second-order valence-corrected chi connectivity index (χ2v) is 6.70. The van der Waals surface area contributed by atoms with Crippen molar-refractivity contribution in [3.63, 3.8) is 0 Å². The minimum absolute atomic E-state index is 0.125. The summed E-state index contributed by atoms with van der Waals surface area (Å²) in [4.78, 5) is 22.3. The van der Waals surface area contributed by atoms with Gasteiger partial charge in [0.2, 0.25) is 10.0 Å². The first-order valence-corrected chi connectivity index (χ1v) is 8.17. The number of sulfonamides is 1. The molecular formula is C14H20N2O5S. The highest BCUT2D eigenvalue weighted by molar-refractivity contribution is 7.89. The van der Waals surface area contributed by atoms with E-state index < -0.39 is 28.0 Å². The van der Waals surface area contributed by atoms with Gasteiger partial charge < -0.3 is 10.5 Å². The molecule has 0 bridgehead atoms. The maximum Gasteiger partial charge on any atom is 0.307 e. The van der Waals surface area contributed by atoms with Crippen LogP contribution in [0.5, 0.6) is 0 Å². The van der Waals surface area contributed by atoms with E-state index in [1.807, 2.05) is 13.8 Å². The van der Waals surface area contributed by atoms with Gasteiger partial charge in [0.25, 0.3) is 5.91 Å². The number of rotatable bonds is 7. The zero-order valence-electron chi connectivity index (χ0n) is 12.8. The van der Waals surface area contributed by atoms with Gasteiger partial charge in [-0.15, -0.1) is 0 Å². The lowest BCUT2D eigenvalue weighted by Gasteiger charge is -2.11. The first kappa shape index (κ1) is 18.1. The number of primary amides is 1. The van der Waals surface area contributed by atoms with Crippen molar-refractivity contribution in [1.29, 1.82) is 0 Å². The van der Waals surface area contributed by atoms with Gasteiger partial charge in [0.15, 0.2) is 6.10 Å². The van der Waals surface area contributed by atoms with Gasteiger partial charge >= 0.3 is 5.97 Å². The summed E-state index contributed by atoms with van der Waals surface area (Å²) in [7, 11) is -3.69. The van der Waals surface area contributed by atoms with E-state index in [1.54, 1.807) is 12.1 Å². The molecule has 0 heterocycles. The highest BCUT2D eigenvalue weighted by atomic mass is 32.2. The van der Waals surface area contributed by atoms with Crippen molar-refractivity contribution in [3.8, 4) is 0 Å². The summed E-state index contributed by atoms with van der Waals surface area (Å²) in [5.74, 6) is -1.46. The molecule has 122 valence electrons. The van der Waals surface area contributed by atoms with Gasteiger partial charge in [-0.2, -0.15) is 0 Å². The third-order valence-electron chi connectivity index (χ3n) is 3.12. The molecule has 0 fully saturated rings. The average molecular weight is 328 g/mol. The van der Waals surface area contributed by atoms with E-state index in [0.717, 1.165) is 11.1 Å². The van der Waals surface area contributed by atoms with Gasteiger partial charge in [-0.05, 0) is 44.0 Å². The largest absolute Gasteiger partial charge is 0.453 e. The first-order chi connectivity index (χ1) is 10.1. The van der Waals surface area contributed by atoms with Crippen molar-refractivity contribution in [2.24, 2.45) is 5.73 Å². The predicted molar refractivity (Wildman–Crippen MR) is 80.5 cm³/mol. The maximum atomic E-state index is 12.1. The van der Waals surface area contributed by atoms with Crippen LogP contribution in [0.3, 0.4) is 0 Å². The van der Waals surface area contributed by atoms with Crippen molar-refractivity contribution in [2.45, 2.75) is 38.2 Å². The Labute approximate surface area is 129 Å². The van der Waals surface area contributed by atoms with Gasteiger partial charge in [0.1, 0.15) is 0 Å². The zero-order chi connectivity index (χ0) is 16.9. The second-order valence-electron chi connectivity index (χ2n) is 4.93. The van der Waals surface area contributed by atoms with Crippen LogP contribution in [-0.2, 0) is 24.3 Å². The fourth-order valence-electron chi connectivity index (χ4n) is 1.57. The van der Waals surface area contributed by atoms with E-state index >= 15 is 0 Å². The highest BCUT2D eigenvalue weighted by Crippen LogP contribution is 2.14. The minimum Gasteiger partial charge on any atom is -0.453 e. The van der Waals surface area contributed by atoms with Crippen molar-refractivity contribution in [3.05, 3.63) is 29.3 Å². The van der Waals surface area contributed by atoms with E-state index in [1.165, 1.54) is 13.0 Å². The van der Waals surface area contributed by atoms with Crippen LogP contribution in [-0.4, -0.2) is 32.9 Å². The van der Waals surface area contributed by atoms with Crippen molar-refractivity contribution >= 4 is 21.9 Å². The number of esters is 1. The van der Waals surface area contributed by atoms with E-state index in [9.17, 15) is 18.0 Å². The van der Waals surface area contributed by atoms with E-state index in [2.05, 4.69) is 4.72 Å². The molecule has 8 heteroatoms. The fraction of sp³-hybridized carbons (Fsp3) is 0.429. The molecule has 0 aliphatic heterocycles. The Morgan fingerprint density at radius 3 is 2.45 bits per heavy atom. The number of benzene rings is 1. The number of carbonyl (C=O) groups excluding carboxylic acids is 2. The Balaban J connectivity index is 2.58. The highest BCUT2D eigenvalue weighted by Gasteiger charge is 2.17. The lowest BCUT2D eigenvalue weighted by atomic mass is 10.1. The number of aryl methyl sites for hydroxylation is 2. The smallest absolute Gasteiger partial charge is 0.307 e. The van der Waals surface area contributed by atoms with E-state index in [0.29, 0.717) is 0 Å². The van der Waals surface area contributed by atoms with Gasteiger partial charge in [-0.1, -0.05) is 6.07 Å². The van der Waals surface area contributed by atoms with Crippen LogP contribution < -0.4 is 10.5 Å². The zero-order valence-corrected chi connectivity index (χ0v) is 13.6. The summed E-state index contributed by atoms with van der Waals surface area (Å²) < 4.78 is 31.2. The molecule has 3 N–H and O–H groups in total. The quantitative estimate of drug-likeness (QED) is 0.702. The van der Waals surface area contributed by atoms with Crippen molar-refractivity contribution in [1.82, 2.24) is 4.72 Å². The molecule has 0 radical (unpaired) electrons. The van der Waals surface area contributed by atoms with Crippen LogP contribution in [0.25, 0.3) is 0 Å². The maximum absolute atomic E-state index is 12.1. The molecule has 1 rings (SSSR count). The second kappa shape index (κ2) is 7.37. The lowest BCUT2D eigenvalue weighted by Crippen LogP contribution is -2.32. The summed E-state index contributed by atoms with van der Waals surface area (Å²) in [5, 5.41) is 0. The molecule has 0 saturated heterocycles. The molecule has 0 aliphatic rings. The van der Waals surface area contributed by atoms with Crippen LogP contribution in [0, 0.1) is 13.8 Å². The molecule has 0 unspecified atom stereocenters. The molecule has 0 saturated carbocycles. The fourth-order valence-corrected chi connectivity index (χ4v) is 2.68. The summed E-state index contributed by atoms with van der Waals surface area (Å²) in [6.07, 6.45) is -1.23. The number of hydrogen-bond donors (Lipinski definition) is 2. The SMILES string of the molecule is Cc1ccc(S(=O)(=O)NCCC(=O)O[C@@H](C)C(N)=O)cc1C. The number of ether oxygens (including phenoxy) is 1. The monoisotopic (exact) mass is 328 g/mol. The Morgan fingerprint density at radius 2 is 1.91 bits per heavy atom. The number of amides is 1. The molecule has 1 amide bonds. The Kier molecular flexibility index (Phi) is 6.07. The van der Waals surface area contributed by atoms with Crippen LogP contribution in [0.1, 0.15) is 24.5 Å². The van der Waals surface area contributed by atoms with Crippen molar-refractivity contribution in [2.75, 3.05) is 6.54 Å². The number of hydrogen-bond acceptors (Lipinski definition) is 5. The van der Waals surface area contributed by atoms with E-state index in [-0.39, 0.29) is 17.9 Å². The standard InChI is InChI=1S/C14H20N2O5S/c1-9-4-5-12(8-10(9)2)22(19,20)16-7-6-13(17)21-11(3)14(15)18/h4-5,8,11,16H,6-7H2,1-3H3,(H2,15,18)/t11-/m0/s1. The van der Waals surface area contributed by atoms with Gasteiger partial charge in [-0.25, -0.2) is 13.1 Å². The average Bonchev–Trinajstić information content (AvgIpc) is 2.41. The van der Waals surface area contributed by atoms with E-state index in [4.69, 9.17) is 10.5 Å². The summed E-state index contributed by atoms with van der Waals surface area (Å²) in [6, 6.07) is 4.77. The van der Waals surface area contributed by atoms with Crippen LogP contribution in [0.2, 0.25) is 0 Å². The molecule has 7 nitrogen and oxygen atoms in total. The molecule has 1 aromatic carbocycles. The number of carbonyl (C=O) groups is 2. The van der Waals surface area contributed by atoms with Crippen LogP contribution in [0.4, 0.5) is 0 Å². The Bertz CT molecular complexity index is 670. The predicted octanol–water partition coefficient (Wildman–Crippen LogP) is 0.389. The first-order valence-electron chi connectivity index (χ1n) is 6.69. The Morgan fingerprint density at radius 1 is 1.27 bits per heavy atom. The molecule has 22 heavy (non-hydrogen) atoms. The topological polar surface area (TPSA) is 116 Å². The third kappa shape index (κ3) is 5.12. The number of nitrogens with one attached hydrogen (secondary N) is 1. The van der Waals surface area contributed by atoms with Gasteiger partial charge in [0, 0.05) is 6.54 Å². The molecule has 0 aliphatic carbocycles. The molecular weight excluding hydrogens is 308 g/mol. The molecule has 1 atom stereocenters. The third-order valence-corrected chi connectivity index (χ3v) is 4.58. The lowest BCUT2D eigenvalue weighted by molar-refractivity contribution is -0.153. The van der Waals surface area contributed by atoms with Crippen LogP contribution in [0.15, 0.2) is 23.1 Å². The number of nitrogens with two attached hydrogens (primary N) is 1. The minimum atomic E-state index is -3.69. The molecule has 1 aromatic rings. The normalized spacial score (nSPS) is 12.7. The van der Waals surface area contributed by atoms with Crippen LogP contribution >= 0.6 is 0 Å². The molecule has 0 spiro atoms. The van der Waals surface area contributed by atoms with Crippen molar-refractivity contribution < 1.29 is 22.7 Å². The summed E-state index contributed by atoms with van der Waals surface area (Å²) >= 11 is 0. The summed E-state index contributed by atoms with van der Waals surface area (Å²) in [5.41, 5.74) is 6.80.